The molecule has 0 unspecified atom stereocenters. The third-order valence-corrected chi connectivity index (χ3v) is 12.8. The number of nitrogens with zero attached hydrogens (tertiary/aromatic N) is 7. The Kier molecular flexibility index (Phi) is 10.6. The Morgan fingerprint density at radius 1 is 0.982 bits per heavy atom. The number of terminal acetylenes is 1. The van der Waals surface area contributed by atoms with Crippen LogP contribution in [0.2, 0.25) is 0 Å². The molecule has 1 amide bonds. The Balaban J connectivity index is 1.08. The number of alkyl halides is 1. The first-order valence-electron chi connectivity index (χ1n) is 20.6. The minimum atomic E-state index is -0.936. The molecule has 2 aromatic heterocycles. The Labute approximate surface area is 330 Å². The van der Waals surface area contributed by atoms with E-state index in [1.165, 1.54) is 43.7 Å². The first-order chi connectivity index (χ1) is 27.8. The average Bonchev–Trinajstić information content (AvgIpc) is 3.61. The highest BCUT2D eigenvalue weighted by atomic mass is 19.1. The van der Waals surface area contributed by atoms with Gasteiger partial charge in [0.25, 0.3) is 0 Å². The van der Waals surface area contributed by atoms with E-state index < -0.39 is 29.4 Å². The molecule has 7 heterocycles. The van der Waals surface area contributed by atoms with Crippen molar-refractivity contribution in [1.29, 1.82) is 0 Å². The third kappa shape index (κ3) is 7.34. The molecule has 57 heavy (non-hydrogen) atoms. The summed E-state index contributed by atoms with van der Waals surface area (Å²) in [6.45, 7) is 6.01. The molecule has 0 bridgehead atoms. The number of amides is 1. The van der Waals surface area contributed by atoms with Gasteiger partial charge in [-0.2, -0.15) is 9.97 Å². The first kappa shape index (κ1) is 37.8. The van der Waals surface area contributed by atoms with Crippen LogP contribution in [0, 0.1) is 24.0 Å². The lowest BCUT2D eigenvalue weighted by atomic mass is 9.95. The number of piperidine rings is 2. The molecule has 5 saturated heterocycles. The van der Waals surface area contributed by atoms with Crippen LogP contribution in [0.3, 0.4) is 0 Å². The zero-order chi connectivity index (χ0) is 39.1. The van der Waals surface area contributed by atoms with Gasteiger partial charge in [-0.15, -0.1) is 6.42 Å². The summed E-state index contributed by atoms with van der Waals surface area (Å²) in [5.74, 6) is 1.57. The molecule has 14 heteroatoms. The number of fused-ring (bicyclic) bond motifs is 3. The van der Waals surface area contributed by atoms with Gasteiger partial charge in [-0.3, -0.25) is 14.9 Å². The van der Waals surface area contributed by atoms with Gasteiger partial charge in [0, 0.05) is 62.3 Å². The second-order valence-corrected chi connectivity index (χ2v) is 16.3. The highest BCUT2D eigenvalue weighted by Gasteiger charge is 2.49. The van der Waals surface area contributed by atoms with Crippen LogP contribution in [0.25, 0.3) is 32.9 Å². The summed E-state index contributed by atoms with van der Waals surface area (Å²) in [5.41, 5.74) is 2.83. The third-order valence-electron chi connectivity index (χ3n) is 12.8. The van der Waals surface area contributed by atoms with Crippen molar-refractivity contribution in [3.63, 3.8) is 0 Å². The van der Waals surface area contributed by atoms with E-state index in [9.17, 15) is 9.18 Å². The smallest absolute Gasteiger partial charge is 0.415 e. The number of hydrogen-bond donors (Lipinski definition) is 1. The number of rotatable bonds is 7. The van der Waals surface area contributed by atoms with Crippen molar-refractivity contribution in [2.45, 2.75) is 88.4 Å². The monoisotopic (exact) mass is 782 g/mol. The second-order valence-electron chi connectivity index (χ2n) is 16.3. The summed E-state index contributed by atoms with van der Waals surface area (Å²) in [5, 5.41) is 2.95. The molecule has 5 aliphatic heterocycles. The van der Waals surface area contributed by atoms with Crippen molar-refractivity contribution >= 4 is 33.6 Å². The molecule has 2 aromatic carbocycles. The van der Waals surface area contributed by atoms with E-state index in [1.54, 1.807) is 11.0 Å². The molecule has 11 nitrogen and oxygen atoms in total. The standard InChI is InChI=1S/C43H49F3N8O3/c1-2-32-35(45)11-10-28-22-31(57-42(55)52-20-12-30(13-21-52)51-16-6-4-7-17-51)23-33(36(28)32)38-37(46)39-34(25-47-38)40(54-19-8-3-5-15-48-54)50-41(49-39)56-27-43-14-9-18-53(43)26-29(44)24-43/h1,10-11,22-23,25,29-30,48H,3-9,12-21,24,26-27H2/t29-,43+/m1/s1. The molecular weight excluding hydrogens is 734 g/mol. The van der Waals surface area contributed by atoms with Crippen LogP contribution in [0.5, 0.6) is 11.8 Å². The minimum Gasteiger partial charge on any atom is -0.461 e. The maximum atomic E-state index is 17.3. The number of hydrazine groups is 1. The lowest BCUT2D eigenvalue weighted by molar-refractivity contribution is 0.0878. The van der Waals surface area contributed by atoms with E-state index in [0.717, 1.165) is 64.6 Å². The normalized spacial score (nSPS) is 23.8. The highest BCUT2D eigenvalue weighted by Crippen LogP contribution is 2.42. The molecule has 0 aliphatic carbocycles. The minimum absolute atomic E-state index is 0.0323. The van der Waals surface area contributed by atoms with Crippen LogP contribution in [0.4, 0.5) is 23.8 Å². The van der Waals surface area contributed by atoms with E-state index in [1.807, 2.05) is 5.01 Å². The number of hydrogen-bond acceptors (Lipinski definition) is 10. The van der Waals surface area contributed by atoms with Crippen molar-refractivity contribution < 1.29 is 27.4 Å². The largest absolute Gasteiger partial charge is 0.461 e. The van der Waals surface area contributed by atoms with Gasteiger partial charge < -0.3 is 19.3 Å². The van der Waals surface area contributed by atoms with Crippen molar-refractivity contribution in [3.8, 4) is 35.4 Å². The quantitative estimate of drug-likeness (QED) is 0.198. The van der Waals surface area contributed by atoms with Gasteiger partial charge in [-0.25, -0.2) is 23.4 Å². The lowest BCUT2D eigenvalue weighted by Gasteiger charge is -2.39. The van der Waals surface area contributed by atoms with Crippen molar-refractivity contribution in [2.75, 3.05) is 64.0 Å². The van der Waals surface area contributed by atoms with Crippen LogP contribution in [0.15, 0.2) is 30.5 Å². The molecule has 0 saturated carbocycles. The van der Waals surface area contributed by atoms with Gasteiger partial charge in [0.2, 0.25) is 0 Å². The molecule has 4 aromatic rings. The van der Waals surface area contributed by atoms with Crippen molar-refractivity contribution in [1.82, 2.24) is 35.1 Å². The second kappa shape index (κ2) is 15.9. The molecule has 2 atom stereocenters. The molecule has 300 valence electrons. The van der Waals surface area contributed by atoms with Gasteiger partial charge in [0.05, 0.1) is 16.5 Å². The first-order valence-corrected chi connectivity index (χ1v) is 20.6. The number of benzene rings is 2. The van der Waals surface area contributed by atoms with E-state index in [0.29, 0.717) is 61.8 Å². The predicted octanol–water partition coefficient (Wildman–Crippen LogP) is 7.00. The van der Waals surface area contributed by atoms with E-state index in [-0.39, 0.29) is 46.1 Å². The molecule has 1 N–H and O–H groups in total. The number of carbonyl (C=O) groups is 1. The Bertz CT molecular complexity index is 2200. The SMILES string of the molecule is C#Cc1c(F)ccc2cc(OC(=O)N3CCC(N4CCCCC4)CC3)cc(-c3ncc4c(N5CCCCCN5)nc(OC[C@@]56CCCN5C[C@H](F)C6)nc4c3F)c12. The Morgan fingerprint density at radius 3 is 2.61 bits per heavy atom. The number of halogens is 3. The van der Waals surface area contributed by atoms with Gasteiger partial charge in [0.1, 0.15) is 35.6 Å². The summed E-state index contributed by atoms with van der Waals surface area (Å²) in [4.78, 5) is 34.0. The Morgan fingerprint density at radius 2 is 1.79 bits per heavy atom. The maximum absolute atomic E-state index is 17.3. The van der Waals surface area contributed by atoms with Crippen molar-refractivity contribution in [2.24, 2.45) is 0 Å². The van der Waals surface area contributed by atoms with Gasteiger partial charge >= 0.3 is 12.1 Å². The lowest BCUT2D eigenvalue weighted by Crippen LogP contribution is -2.48. The highest BCUT2D eigenvalue weighted by molar-refractivity contribution is 6.03. The molecule has 5 aliphatic rings. The van der Waals surface area contributed by atoms with Crippen LogP contribution in [0.1, 0.15) is 76.2 Å². The van der Waals surface area contributed by atoms with Crippen molar-refractivity contribution in [3.05, 3.63) is 47.7 Å². The molecule has 5 fully saturated rings. The fourth-order valence-electron chi connectivity index (χ4n) is 9.84. The molecule has 9 rings (SSSR count). The predicted molar refractivity (Wildman–Crippen MR) is 212 cm³/mol. The Hall–Kier alpha value is -4.71. The number of ether oxygens (including phenoxy) is 2. The average molecular weight is 783 g/mol. The molecular formula is C43H49F3N8O3. The molecule has 0 radical (unpaired) electrons. The summed E-state index contributed by atoms with van der Waals surface area (Å²) >= 11 is 0. The van der Waals surface area contributed by atoms with Gasteiger partial charge in [-0.1, -0.05) is 24.8 Å². The van der Waals surface area contributed by atoms with Crippen LogP contribution in [-0.2, 0) is 0 Å². The number of pyridine rings is 1. The molecule has 0 spiro atoms. The zero-order valence-electron chi connectivity index (χ0n) is 32.3. The van der Waals surface area contributed by atoms with Gasteiger partial charge in [-0.05, 0) is 94.6 Å². The summed E-state index contributed by atoms with van der Waals surface area (Å²) in [6, 6.07) is 6.31. The zero-order valence-corrected chi connectivity index (χ0v) is 32.3. The number of nitrogens with one attached hydrogen (secondary N) is 1. The van der Waals surface area contributed by atoms with E-state index in [2.05, 4.69) is 31.1 Å². The maximum Gasteiger partial charge on any atom is 0.415 e. The number of anilines is 1. The fraction of sp³-hybridized carbons (Fsp3) is 0.535. The van der Waals surface area contributed by atoms with E-state index >= 15 is 8.78 Å². The van der Waals surface area contributed by atoms with Crippen LogP contribution in [-0.4, -0.2) is 112 Å². The summed E-state index contributed by atoms with van der Waals surface area (Å²) in [7, 11) is 0. The topological polar surface area (TPSA) is 99.2 Å². The number of aromatic nitrogens is 3. The van der Waals surface area contributed by atoms with Crippen LogP contribution >= 0.6 is 0 Å². The number of likely N-dealkylation sites (tertiary alicyclic amines) is 2. The number of carbonyl (C=O) groups excluding carboxylic acids is 1. The summed E-state index contributed by atoms with van der Waals surface area (Å²) in [6.07, 6.45) is 16.4. The van der Waals surface area contributed by atoms with E-state index in [4.69, 9.17) is 20.9 Å². The van der Waals surface area contributed by atoms with Gasteiger partial charge in [0.15, 0.2) is 11.6 Å². The fourth-order valence-corrected chi connectivity index (χ4v) is 9.84. The van der Waals surface area contributed by atoms with Crippen LogP contribution < -0.4 is 19.9 Å². The summed E-state index contributed by atoms with van der Waals surface area (Å²) < 4.78 is 59.6.